The number of carbonyl (C=O) groups is 2. The van der Waals surface area contributed by atoms with Gasteiger partial charge in [-0.25, -0.2) is 4.79 Å². The molecule has 2 N–H and O–H groups in total. The Hall–Kier alpha value is -1.30. The molecule has 3 atom stereocenters. The van der Waals surface area contributed by atoms with Gasteiger partial charge in [0.15, 0.2) is 0 Å². The standard InChI is InChI=1S/C13H24N2O4/c1-4-19-11(5-12(16)17)6-14-13(18)15-7-9(2)10(3)8-15/h9-11H,4-8H2,1-3H3,(H,14,18)(H,16,17). The van der Waals surface area contributed by atoms with E-state index in [0.29, 0.717) is 18.4 Å². The number of nitrogens with one attached hydrogen (secondary N) is 1. The van der Waals surface area contributed by atoms with Crippen LogP contribution < -0.4 is 5.32 Å². The molecule has 0 saturated carbocycles. The Morgan fingerprint density at radius 2 is 1.95 bits per heavy atom. The van der Waals surface area contributed by atoms with Gasteiger partial charge >= 0.3 is 12.0 Å². The largest absolute Gasteiger partial charge is 0.481 e. The summed E-state index contributed by atoms with van der Waals surface area (Å²) in [5.74, 6) is 0.0935. The number of carbonyl (C=O) groups excluding carboxylic acids is 1. The van der Waals surface area contributed by atoms with Crippen molar-refractivity contribution in [3.63, 3.8) is 0 Å². The van der Waals surface area contributed by atoms with Gasteiger partial charge in [-0.3, -0.25) is 4.79 Å². The van der Waals surface area contributed by atoms with Gasteiger partial charge < -0.3 is 20.1 Å². The van der Waals surface area contributed by atoms with E-state index in [9.17, 15) is 9.59 Å². The Balaban J connectivity index is 2.37. The van der Waals surface area contributed by atoms with Crippen molar-refractivity contribution in [2.75, 3.05) is 26.2 Å². The van der Waals surface area contributed by atoms with E-state index < -0.39 is 12.1 Å². The lowest BCUT2D eigenvalue weighted by atomic mass is 10.0. The van der Waals surface area contributed by atoms with Gasteiger partial charge in [0.2, 0.25) is 0 Å². The fourth-order valence-corrected chi connectivity index (χ4v) is 2.23. The molecule has 110 valence electrons. The summed E-state index contributed by atoms with van der Waals surface area (Å²) in [6.45, 7) is 8.25. The van der Waals surface area contributed by atoms with E-state index in [1.807, 2.05) is 0 Å². The number of aliphatic carboxylic acids is 1. The van der Waals surface area contributed by atoms with Crippen molar-refractivity contribution in [3.8, 4) is 0 Å². The molecule has 1 rings (SSSR count). The predicted molar refractivity (Wildman–Crippen MR) is 71.0 cm³/mol. The van der Waals surface area contributed by atoms with Crippen molar-refractivity contribution in [1.29, 1.82) is 0 Å². The van der Waals surface area contributed by atoms with E-state index >= 15 is 0 Å². The number of carboxylic acid groups (broad SMARTS) is 1. The maximum Gasteiger partial charge on any atom is 0.317 e. The molecule has 1 fully saturated rings. The Kier molecular flexibility index (Phi) is 6.08. The van der Waals surface area contributed by atoms with E-state index in [4.69, 9.17) is 9.84 Å². The highest BCUT2D eigenvalue weighted by molar-refractivity contribution is 5.74. The summed E-state index contributed by atoms with van der Waals surface area (Å²) in [6.07, 6.45) is -0.565. The normalized spacial score (nSPS) is 24.3. The monoisotopic (exact) mass is 272 g/mol. The lowest BCUT2D eigenvalue weighted by molar-refractivity contribution is -0.140. The van der Waals surface area contributed by atoms with Crippen molar-refractivity contribution in [2.24, 2.45) is 11.8 Å². The highest BCUT2D eigenvalue weighted by atomic mass is 16.5. The minimum atomic E-state index is -0.920. The first-order chi connectivity index (χ1) is 8.93. The molecular weight excluding hydrogens is 248 g/mol. The number of amides is 2. The topological polar surface area (TPSA) is 78.9 Å². The van der Waals surface area contributed by atoms with Crippen LogP contribution in [0.2, 0.25) is 0 Å². The Morgan fingerprint density at radius 3 is 2.42 bits per heavy atom. The van der Waals surface area contributed by atoms with Gasteiger partial charge in [0.25, 0.3) is 0 Å². The number of ether oxygens (including phenoxy) is 1. The van der Waals surface area contributed by atoms with Crippen molar-refractivity contribution in [2.45, 2.75) is 33.3 Å². The van der Waals surface area contributed by atoms with Gasteiger partial charge in [-0.05, 0) is 18.8 Å². The molecule has 2 amide bonds. The van der Waals surface area contributed by atoms with Gasteiger partial charge in [-0.1, -0.05) is 13.8 Å². The number of hydrogen-bond acceptors (Lipinski definition) is 3. The summed E-state index contributed by atoms with van der Waals surface area (Å²) < 4.78 is 5.29. The van der Waals surface area contributed by atoms with Crippen molar-refractivity contribution >= 4 is 12.0 Å². The minimum absolute atomic E-state index is 0.0963. The molecule has 0 aromatic heterocycles. The molecule has 1 aliphatic rings. The van der Waals surface area contributed by atoms with Gasteiger partial charge in [-0.15, -0.1) is 0 Å². The molecule has 19 heavy (non-hydrogen) atoms. The fourth-order valence-electron chi connectivity index (χ4n) is 2.23. The minimum Gasteiger partial charge on any atom is -0.481 e. The van der Waals surface area contributed by atoms with Crippen LogP contribution >= 0.6 is 0 Å². The van der Waals surface area contributed by atoms with E-state index in [-0.39, 0.29) is 19.0 Å². The lowest BCUT2D eigenvalue weighted by Crippen LogP contribution is -2.43. The number of hydrogen-bond donors (Lipinski definition) is 2. The van der Waals surface area contributed by atoms with Gasteiger partial charge in [0.1, 0.15) is 0 Å². The smallest absolute Gasteiger partial charge is 0.317 e. The molecule has 6 heteroatoms. The number of likely N-dealkylation sites (tertiary alicyclic amines) is 1. The summed E-state index contributed by atoms with van der Waals surface area (Å²) in [6, 6.07) is -0.133. The maximum absolute atomic E-state index is 11.9. The van der Waals surface area contributed by atoms with Crippen LogP contribution in [-0.4, -0.2) is 54.4 Å². The highest BCUT2D eigenvalue weighted by Gasteiger charge is 2.29. The summed E-state index contributed by atoms with van der Waals surface area (Å²) >= 11 is 0. The van der Waals surface area contributed by atoms with Crippen LogP contribution in [0.3, 0.4) is 0 Å². The third-order valence-corrected chi connectivity index (χ3v) is 3.56. The molecule has 0 aromatic rings. The highest BCUT2D eigenvalue weighted by Crippen LogP contribution is 2.21. The quantitative estimate of drug-likeness (QED) is 0.760. The van der Waals surface area contributed by atoms with Crippen molar-refractivity contribution < 1.29 is 19.4 Å². The average Bonchev–Trinajstić information content (AvgIpc) is 2.66. The molecule has 0 radical (unpaired) electrons. The van der Waals surface area contributed by atoms with Crippen LogP contribution in [0.4, 0.5) is 4.79 Å². The van der Waals surface area contributed by atoms with Crippen LogP contribution in [0, 0.1) is 11.8 Å². The van der Waals surface area contributed by atoms with Gasteiger partial charge in [0, 0.05) is 26.2 Å². The second-order valence-corrected chi connectivity index (χ2v) is 5.22. The number of rotatable bonds is 6. The molecule has 0 bridgehead atoms. The third-order valence-electron chi connectivity index (χ3n) is 3.56. The molecule has 6 nitrogen and oxygen atoms in total. The summed E-state index contributed by atoms with van der Waals surface area (Å²) in [5, 5.41) is 11.5. The first-order valence-electron chi connectivity index (χ1n) is 6.80. The van der Waals surface area contributed by atoms with Crippen LogP contribution in [0.25, 0.3) is 0 Å². The van der Waals surface area contributed by atoms with Crippen LogP contribution in [-0.2, 0) is 9.53 Å². The fraction of sp³-hybridized carbons (Fsp3) is 0.846. The SMILES string of the molecule is CCOC(CNC(=O)N1CC(C)C(C)C1)CC(=O)O. The zero-order valence-electron chi connectivity index (χ0n) is 11.9. The maximum atomic E-state index is 11.9. The summed E-state index contributed by atoms with van der Waals surface area (Å²) in [5.41, 5.74) is 0. The molecular formula is C13H24N2O4. The second kappa shape index (κ2) is 7.33. The van der Waals surface area contributed by atoms with Crippen molar-refractivity contribution in [1.82, 2.24) is 10.2 Å². The Bertz CT molecular complexity index is 312. The second-order valence-electron chi connectivity index (χ2n) is 5.22. The van der Waals surface area contributed by atoms with Gasteiger partial charge in [0.05, 0.1) is 12.5 Å². The molecule has 1 heterocycles. The predicted octanol–water partition coefficient (Wildman–Crippen LogP) is 1.16. The molecule has 1 saturated heterocycles. The lowest BCUT2D eigenvalue weighted by Gasteiger charge is -2.20. The van der Waals surface area contributed by atoms with Crippen LogP contribution in [0.1, 0.15) is 27.2 Å². The van der Waals surface area contributed by atoms with Gasteiger partial charge in [-0.2, -0.15) is 0 Å². The van der Waals surface area contributed by atoms with Crippen LogP contribution in [0.5, 0.6) is 0 Å². The first-order valence-corrected chi connectivity index (χ1v) is 6.80. The molecule has 3 unspecified atom stereocenters. The summed E-state index contributed by atoms with van der Waals surface area (Å²) in [7, 11) is 0. The number of nitrogens with zero attached hydrogens (tertiary/aromatic N) is 1. The zero-order chi connectivity index (χ0) is 14.4. The molecule has 0 spiro atoms. The first kappa shape index (κ1) is 15.8. The number of urea groups is 1. The van der Waals surface area contributed by atoms with E-state index in [1.54, 1.807) is 11.8 Å². The van der Waals surface area contributed by atoms with Crippen LogP contribution in [0.15, 0.2) is 0 Å². The Morgan fingerprint density at radius 1 is 1.37 bits per heavy atom. The molecule has 0 aromatic carbocycles. The van der Waals surface area contributed by atoms with E-state index in [0.717, 1.165) is 13.1 Å². The third kappa shape index (κ3) is 5.06. The zero-order valence-corrected chi connectivity index (χ0v) is 11.9. The molecule has 1 aliphatic heterocycles. The summed E-state index contributed by atoms with van der Waals surface area (Å²) in [4.78, 5) is 24.4. The van der Waals surface area contributed by atoms with Crippen molar-refractivity contribution in [3.05, 3.63) is 0 Å². The van der Waals surface area contributed by atoms with E-state index in [2.05, 4.69) is 19.2 Å². The average molecular weight is 272 g/mol. The molecule has 0 aliphatic carbocycles. The Labute approximate surface area is 114 Å². The number of carboxylic acids is 1. The van der Waals surface area contributed by atoms with E-state index in [1.165, 1.54) is 0 Å².